The Bertz CT molecular complexity index is 662. The van der Waals surface area contributed by atoms with E-state index in [4.69, 9.17) is 0 Å². The van der Waals surface area contributed by atoms with Gasteiger partial charge in [0.2, 0.25) is 5.95 Å². The minimum absolute atomic E-state index is 0.0691. The summed E-state index contributed by atoms with van der Waals surface area (Å²) < 4.78 is 39.4. The van der Waals surface area contributed by atoms with Gasteiger partial charge in [-0.05, 0) is 31.2 Å². The topological polar surface area (TPSA) is 41.0 Å². The van der Waals surface area contributed by atoms with E-state index < -0.39 is 17.5 Å². The number of benzene rings is 1. The second-order valence-corrected chi connectivity index (χ2v) is 5.36. The van der Waals surface area contributed by atoms with E-state index in [0.29, 0.717) is 11.5 Å². The molecule has 7 heteroatoms. The number of hydrogen-bond acceptors (Lipinski definition) is 4. The minimum atomic E-state index is -0.866. The van der Waals surface area contributed by atoms with Crippen LogP contribution in [0.4, 0.5) is 19.1 Å². The van der Waals surface area contributed by atoms with Crippen molar-refractivity contribution in [3.63, 3.8) is 0 Å². The predicted octanol–water partition coefficient (Wildman–Crippen LogP) is 2.75. The molecule has 1 aromatic carbocycles. The Morgan fingerprint density at radius 1 is 1.14 bits per heavy atom. The molecule has 1 aliphatic heterocycles. The summed E-state index contributed by atoms with van der Waals surface area (Å²) in [7, 11) is 1.92. The molecule has 1 fully saturated rings. The van der Waals surface area contributed by atoms with Gasteiger partial charge >= 0.3 is 0 Å². The number of likely N-dealkylation sites (N-methyl/N-ethyl adjacent to an activating group) is 1. The van der Waals surface area contributed by atoms with E-state index in [1.54, 1.807) is 6.07 Å². The van der Waals surface area contributed by atoms with Gasteiger partial charge in [-0.25, -0.2) is 23.1 Å². The molecule has 2 aromatic rings. The molecule has 0 unspecified atom stereocenters. The van der Waals surface area contributed by atoms with E-state index in [0.717, 1.165) is 31.4 Å². The molecule has 0 aliphatic carbocycles. The van der Waals surface area contributed by atoms with Crippen LogP contribution in [0.5, 0.6) is 0 Å². The smallest absolute Gasteiger partial charge is 0.223 e. The third-order valence-corrected chi connectivity index (χ3v) is 3.87. The average molecular weight is 308 g/mol. The summed E-state index contributed by atoms with van der Waals surface area (Å²) in [6.45, 7) is 0.794. The van der Waals surface area contributed by atoms with Gasteiger partial charge in [-0.3, -0.25) is 4.90 Å². The fourth-order valence-corrected chi connectivity index (χ4v) is 2.83. The lowest BCUT2D eigenvalue weighted by molar-refractivity contribution is 0.307. The number of nitrogens with one attached hydrogen (secondary N) is 1. The second-order valence-electron chi connectivity index (χ2n) is 5.36. The van der Waals surface area contributed by atoms with Crippen LogP contribution in [0.3, 0.4) is 0 Å². The van der Waals surface area contributed by atoms with E-state index in [9.17, 15) is 13.2 Å². The number of rotatable bonds is 3. The van der Waals surface area contributed by atoms with Crippen molar-refractivity contribution >= 4 is 5.95 Å². The lowest BCUT2D eigenvalue weighted by atomic mass is 10.00. The molecule has 1 saturated heterocycles. The third-order valence-electron chi connectivity index (χ3n) is 3.87. The van der Waals surface area contributed by atoms with Crippen LogP contribution >= 0.6 is 0 Å². The number of likely N-dealkylation sites (tertiary alicyclic amines) is 1. The number of anilines is 1. The molecule has 3 rings (SSSR count). The molecule has 22 heavy (non-hydrogen) atoms. The summed E-state index contributed by atoms with van der Waals surface area (Å²) in [5, 5.41) is 3.13. The van der Waals surface area contributed by atoms with Gasteiger partial charge in [-0.1, -0.05) is 6.07 Å². The molecule has 1 N–H and O–H groups in total. The minimum Gasteiger partial charge on any atom is -0.350 e. The Balaban J connectivity index is 1.84. The molecule has 0 radical (unpaired) electrons. The van der Waals surface area contributed by atoms with Crippen molar-refractivity contribution in [1.82, 2.24) is 14.9 Å². The van der Waals surface area contributed by atoms with Crippen molar-refractivity contribution in [3.05, 3.63) is 53.6 Å². The molecular formula is C15H15F3N4. The van der Waals surface area contributed by atoms with Crippen LogP contribution in [-0.2, 0) is 0 Å². The zero-order valence-corrected chi connectivity index (χ0v) is 11.9. The van der Waals surface area contributed by atoms with Gasteiger partial charge in [0.25, 0.3) is 0 Å². The van der Waals surface area contributed by atoms with Crippen molar-refractivity contribution in [2.45, 2.75) is 18.5 Å². The third kappa shape index (κ3) is 2.89. The number of nitrogens with zero attached hydrogens (tertiary/aromatic N) is 3. The Labute approximate surface area is 126 Å². The Morgan fingerprint density at radius 2 is 1.86 bits per heavy atom. The van der Waals surface area contributed by atoms with Crippen LogP contribution < -0.4 is 5.32 Å². The van der Waals surface area contributed by atoms with E-state index in [2.05, 4.69) is 15.3 Å². The Kier molecular flexibility index (Phi) is 3.98. The van der Waals surface area contributed by atoms with Crippen molar-refractivity contribution in [2.75, 3.05) is 18.9 Å². The fraction of sp³-hybridized carbons (Fsp3) is 0.333. The summed E-state index contributed by atoms with van der Waals surface area (Å²) in [4.78, 5) is 9.80. The fourth-order valence-electron chi connectivity index (χ4n) is 2.83. The van der Waals surface area contributed by atoms with E-state index in [-0.39, 0.29) is 12.1 Å². The maximum absolute atomic E-state index is 13.5. The van der Waals surface area contributed by atoms with E-state index in [1.165, 1.54) is 6.07 Å². The lowest BCUT2D eigenvalue weighted by Gasteiger charge is -2.26. The molecule has 2 heterocycles. The van der Waals surface area contributed by atoms with Crippen LogP contribution in [0.15, 0.2) is 30.6 Å². The van der Waals surface area contributed by atoms with Crippen molar-refractivity contribution in [1.29, 1.82) is 0 Å². The van der Waals surface area contributed by atoms with Crippen LogP contribution in [0.1, 0.15) is 18.0 Å². The summed E-state index contributed by atoms with van der Waals surface area (Å²) in [5.41, 5.74) is 0.679. The molecule has 1 aliphatic rings. The SMILES string of the molecule is CN1CC[C@H](Nc2ncc(F)cn2)[C@@H]1c1ccc(F)c(F)c1. The van der Waals surface area contributed by atoms with E-state index in [1.807, 2.05) is 11.9 Å². The summed E-state index contributed by atoms with van der Waals surface area (Å²) in [6, 6.07) is 3.71. The molecule has 4 nitrogen and oxygen atoms in total. The Morgan fingerprint density at radius 3 is 2.55 bits per heavy atom. The van der Waals surface area contributed by atoms with Crippen LogP contribution in [0, 0.1) is 17.5 Å². The van der Waals surface area contributed by atoms with Crippen molar-refractivity contribution in [3.8, 4) is 0 Å². The van der Waals surface area contributed by atoms with Gasteiger partial charge in [-0.15, -0.1) is 0 Å². The molecule has 2 atom stereocenters. The first-order valence-corrected chi connectivity index (χ1v) is 6.94. The summed E-state index contributed by atoms with van der Waals surface area (Å²) >= 11 is 0. The summed E-state index contributed by atoms with van der Waals surface area (Å²) in [6.07, 6.45) is 2.96. The molecule has 0 saturated carbocycles. The quantitative estimate of drug-likeness (QED) is 0.946. The molecule has 0 spiro atoms. The molecule has 1 aromatic heterocycles. The highest BCUT2D eigenvalue weighted by molar-refractivity contribution is 5.31. The van der Waals surface area contributed by atoms with Gasteiger partial charge in [-0.2, -0.15) is 0 Å². The van der Waals surface area contributed by atoms with Gasteiger partial charge in [0, 0.05) is 12.6 Å². The predicted molar refractivity (Wildman–Crippen MR) is 75.7 cm³/mol. The standard InChI is InChI=1S/C15H15F3N4/c1-22-5-4-13(21-15-19-7-10(16)8-20-15)14(22)9-2-3-11(17)12(18)6-9/h2-3,6-8,13-14H,4-5H2,1H3,(H,19,20,21)/t13-,14-/m0/s1. The maximum Gasteiger partial charge on any atom is 0.223 e. The number of aromatic nitrogens is 2. The molecular weight excluding hydrogens is 293 g/mol. The largest absolute Gasteiger partial charge is 0.350 e. The number of halogens is 3. The van der Waals surface area contributed by atoms with Crippen LogP contribution in [0.2, 0.25) is 0 Å². The molecule has 116 valence electrons. The van der Waals surface area contributed by atoms with Gasteiger partial charge in [0.15, 0.2) is 17.5 Å². The monoisotopic (exact) mass is 308 g/mol. The maximum atomic E-state index is 13.5. The second kappa shape index (κ2) is 5.92. The van der Waals surface area contributed by atoms with Gasteiger partial charge in [0.05, 0.1) is 18.4 Å². The molecule has 0 bridgehead atoms. The van der Waals surface area contributed by atoms with Crippen LogP contribution in [-0.4, -0.2) is 34.5 Å². The highest BCUT2D eigenvalue weighted by Crippen LogP contribution is 2.33. The first-order valence-electron chi connectivity index (χ1n) is 6.94. The van der Waals surface area contributed by atoms with E-state index >= 15 is 0 Å². The number of hydrogen-bond donors (Lipinski definition) is 1. The van der Waals surface area contributed by atoms with Crippen LogP contribution in [0.25, 0.3) is 0 Å². The summed E-state index contributed by atoms with van der Waals surface area (Å²) in [5.74, 6) is -1.93. The zero-order chi connectivity index (χ0) is 15.7. The Hall–Kier alpha value is -2.15. The lowest BCUT2D eigenvalue weighted by Crippen LogP contribution is -2.29. The van der Waals surface area contributed by atoms with Gasteiger partial charge in [0.1, 0.15) is 0 Å². The van der Waals surface area contributed by atoms with Crippen molar-refractivity contribution in [2.24, 2.45) is 0 Å². The normalized spacial score (nSPS) is 22.0. The highest BCUT2D eigenvalue weighted by Gasteiger charge is 2.33. The van der Waals surface area contributed by atoms with Gasteiger partial charge < -0.3 is 5.32 Å². The highest BCUT2D eigenvalue weighted by atomic mass is 19.2. The zero-order valence-electron chi connectivity index (χ0n) is 11.9. The first kappa shape index (κ1) is 14.8. The first-order chi connectivity index (χ1) is 10.5. The molecule has 0 amide bonds. The van der Waals surface area contributed by atoms with Crippen molar-refractivity contribution < 1.29 is 13.2 Å². The average Bonchev–Trinajstić information content (AvgIpc) is 2.85.